The van der Waals surface area contributed by atoms with Gasteiger partial charge in [0.15, 0.2) is 0 Å². The topological polar surface area (TPSA) is 70.7 Å². The summed E-state index contributed by atoms with van der Waals surface area (Å²) in [5, 5.41) is 8.09. The quantitative estimate of drug-likeness (QED) is 0.676. The second-order valence-corrected chi connectivity index (χ2v) is 7.83. The summed E-state index contributed by atoms with van der Waals surface area (Å²) >= 11 is 0. The zero-order chi connectivity index (χ0) is 20.5. The van der Waals surface area contributed by atoms with Crippen molar-refractivity contribution in [2.45, 2.75) is 39.7 Å². The maximum Gasteiger partial charge on any atom is 0.241 e. The number of aliphatic imine (C=N–C) groups is 1. The van der Waals surface area contributed by atoms with Gasteiger partial charge in [-0.15, -0.1) is 5.10 Å². The number of likely N-dealkylation sites (N-methyl/N-ethyl adjacent to an activating group) is 1. The van der Waals surface area contributed by atoms with Crippen LogP contribution in [-0.4, -0.2) is 49.8 Å². The van der Waals surface area contributed by atoms with Crippen LogP contribution >= 0.6 is 0 Å². The van der Waals surface area contributed by atoms with E-state index in [0.717, 1.165) is 53.3 Å². The van der Waals surface area contributed by atoms with Gasteiger partial charge in [-0.3, -0.25) is 9.98 Å². The van der Waals surface area contributed by atoms with Crippen molar-refractivity contribution in [2.75, 3.05) is 18.9 Å². The van der Waals surface area contributed by atoms with Crippen LogP contribution in [0.3, 0.4) is 0 Å². The van der Waals surface area contributed by atoms with Crippen LogP contribution in [0.2, 0.25) is 0 Å². The van der Waals surface area contributed by atoms with Crippen LogP contribution < -0.4 is 5.32 Å². The summed E-state index contributed by atoms with van der Waals surface area (Å²) < 4.78 is 1.86. The number of anilines is 1. The van der Waals surface area contributed by atoms with E-state index in [1.165, 1.54) is 5.70 Å². The summed E-state index contributed by atoms with van der Waals surface area (Å²) in [4.78, 5) is 16.0. The van der Waals surface area contributed by atoms with Gasteiger partial charge in [-0.25, -0.2) is 9.50 Å². The van der Waals surface area contributed by atoms with Crippen LogP contribution in [-0.2, 0) is 0 Å². The maximum atomic E-state index is 4.74. The van der Waals surface area contributed by atoms with Crippen LogP contribution in [0.5, 0.6) is 0 Å². The van der Waals surface area contributed by atoms with Gasteiger partial charge in [0.2, 0.25) is 5.95 Å². The van der Waals surface area contributed by atoms with E-state index < -0.39 is 0 Å². The van der Waals surface area contributed by atoms with E-state index in [0.29, 0.717) is 12.0 Å². The smallest absolute Gasteiger partial charge is 0.241 e. The van der Waals surface area contributed by atoms with E-state index in [4.69, 9.17) is 4.98 Å². The van der Waals surface area contributed by atoms with Gasteiger partial charge in [-0.05, 0) is 51.8 Å². The summed E-state index contributed by atoms with van der Waals surface area (Å²) in [5.74, 6) is 0.637. The van der Waals surface area contributed by atoms with E-state index in [1.54, 1.807) is 0 Å². The van der Waals surface area contributed by atoms with Crippen molar-refractivity contribution in [3.05, 3.63) is 48.6 Å². The molecule has 1 unspecified atom stereocenters. The lowest BCUT2D eigenvalue weighted by atomic mass is 10.0. The molecule has 7 heteroatoms. The van der Waals surface area contributed by atoms with Crippen LogP contribution in [0, 0.1) is 6.92 Å². The molecular formula is C22H27N7. The first-order valence-corrected chi connectivity index (χ1v) is 9.90. The fourth-order valence-electron chi connectivity index (χ4n) is 3.63. The molecule has 1 saturated heterocycles. The Kier molecular flexibility index (Phi) is 5.05. The second kappa shape index (κ2) is 7.66. The van der Waals surface area contributed by atoms with Crippen LogP contribution in [0.25, 0.3) is 16.8 Å². The highest BCUT2D eigenvalue weighted by Crippen LogP contribution is 2.27. The predicted octanol–water partition coefficient (Wildman–Crippen LogP) is 4.23. The average Bonchev–Trinajstić information content (AvgIpc) is 3.09. The number of hydrogen-bond acceptors (Lipinski definition) is 6. The Morgan fingerprint density at radius 3 is 2.83 bits per heavy atom. The molecule has 0 bridgehead atoms. The number of aryl methyl sites for hydroxylation is 1. The third kappa shape index (κ3) is 3.99. The third-order valence-corrected chi connectivity index (χ3v) is 5.24. The standard InChI is InChI=1S/C22H27N7/c1-14(2)24-19-8-9-20(25-16(19)4)18-10-11-29-21(18)12-23-22(27-29)26-17-7-6-15(3)28(5)13-17/h8-12,17H,3,6-7,13H2,1-2,4-5H3,(H,26,27). The lowest BCUT2D eigenvalue weighted by Crippen LogP contribution is -2.38. The lowest BCUT2D eigenvalue weighted by molar-refractivity contribution is 0.325. The fraction of sp³-hybridized carbons (Fsp3) is 0.364. The van der Waals surface area contributed by atoms with E-state index >= 15 is 0 Å². The number of pyridine rings is 1. The molecule has 150 valence electrons. The molecule has 0 amide bonds. The number of nitrogens with one attached hydrogen (secondary N) is 1. The molecule has 0 aromatic carbocycles. The van der Waals surface area contributed by atoms with E-state index in [9.17, 15) is 0 Å². The molecule has 3 aromatic rings. The second-order valence-electron chi connectivity index (χ2n) is 7.83. The summed E-state index contributed by atoms with van der Waals surface area (Å²) in [6.45, 7) is 10.9. The summed E-state index contributed by atoms with van der Waals surface area (Å²) in [6, 6.07) is 6.36. The molecule has 4 rings (SSSR count). The van der Waals surface area contributed by atoms with Crippen molar-refractivity contribution in [3.63, 3.8) is 0 Å². The molecule has 1 aliphatic heterocycles. The number of piperidine rings is 1. The highest BCUT2D eigenvalue weighted by atomic mass is 15.3. The molecule has 1 atom stereocenters. The van der Waals surface area contributed by atoms with Crippen molar-refractivity contribution in [2.24, 2.45) is 4.99 Å². The molecule has 1 N–H and O–H groups in total. The minimum Gasteiger partial charge on any atom is -0.376 e. The largest absolute Gasteiger partial charge is 0.376 e. The lowest BCUT2D eigenvalue weighted by Gasteiger charge is -2.33. The molecule has 0 radical (unpaired) electrons. The molecular weight excluding hydrogens is 362 g/mol. The van der Waals surface area contributed by atoms with Crippen LogP contribution in [0.4, 0.5) is 11.6 Å². The minimum absolute atomic E-state index is 0.317. The molecule has 1 aliphatic rings. The number of nitrogens with zero attached hydrogens (tertiary/aromatic N) is 6. The van der Waals surface area contributed by atoms with Gasteiger partial charge in [-0.1, -0.05) is 6.58 Å². The highest BCUT2D eigenvalue weighted by Gasteiger charge is 2.20. The summed E-state index contributed by atoms with van der Waals surface area (Å²) in [5.41, 5.74) is 6.85. The number of aromatic nitrogens is 4. The molecule has 7 nitrogen and oxygen atoms in total. The normalized spacial score (nSPS) is 16.9. The van der Waals surface area contributed by atoms with Gasteiger partial charge in [0, 0.05) is 42.8 Å². The van der Waals surface area contributed by atoms with E-state index in [-0.39, 0.29) is 0 Å². The van der Waals surface area contributed by atoms with Gasteiger partial charge >= 0.3 is 0 Å². The highest BCUT2D eigenvalue weighted by molar-refractivity contribution is 5.83. The summed E-state index contributed by atoms with van der Waals surface area (Å²) in [6.07, 6.45) is 5.84. The Morgan fingerprint density at radius 1 is 1.28 bits per heavy atom. The third-order valence-electron chi connectivity index (χ3n) is 5.24. The number of fused-ring (bicyclic) bond motifs is 1. The number of allylic oxidation sites excluding steroid dienone is 1. The first-order chi connectivity index (χ1) is 13.9. The molecule has 29 heavy (non-hydrogen) atoms. The van der Waals surface area contributed by atoms with Gasteiger partial charge in [0.25, 0.3) is 0 Å². The number of hydrogen-bond donors (Lipinski definition) is 1. The Bertz CT molecular complexity index is 1090. The zero-order valence-electron chi connectivity index (χ0n) is 17.5. The molecule has 3 aromatic heterocycles. The molecule has 0 spiro atoms. The van der Waals surface area contributed by atoms with Gasteiger partial charge < -0.3 is 10.2 Å². The minimum atomic E-state index is 0.317. The van der Waals surface area contributed by atoms with E-state index in [1.807, 2.05) is 55.9 Å². The zero-order valence-corrected chi connectivity index (χ0v) is 17.5. The average molecular weight is 390 g/mol. The van der Waals surface area contributed by atoms with Crippen molar-refractivity contribution < 1.29 is 0 Å². The van der Waals surface area contributed by atoms with Crippen molar-refractivity contribution >= 4 is 22.9 Å². The number of likely N-dealkylation sites (tertiary alicyclic amines) is 1. The Hall–Kier alpha value is -3.22. The van der Waals surface area contributed by atoms with Crippen LogP contribution in [0.15, 0.2) is 47.9 Å². The Morgan fingerprint density at radius 2 is 2.10 bits per heavy atom. The van der Waals surface area contributed by atoms with Crippen LogP contribution in [0.1, 0.15) is 32.4 Å². The summed E-state index contributed by atoms with van der Waals surface area (Å²) in [7, 11) is 2.08. The van der Waals surface area contributed by atoms with Gasteiger partial charge in [0.05, 0.1) is 28.8 Å². The van der Waals surface area contributed by atoms with Crippen molar-refractivity contribution in [1.29, 1.82) is 0 Å². The monoisotopic (exact) mass is 389 g/mol. The molecule has 0 aliphatic carbocycles. The number of rotatable bonds is 4. The Labute approximate surface area is 171 Å². The maximum absolute atomic E-state index is 4.74. The van der Waals surface area contributed by atoms with Crippen molar-refractivity contribution in [3.8, 4) is 11.3 Å². The van der Waals surface area contributed by atoms with Gasteiger partial charge in [0.1, 0.15) is 0 Å². The Balaban J connectivity index is 1.58. The first kappa shape index (κ1) is 19.1. The molecule has 4 heterocycles. The SMILES string of the molecule is C=C1CCC(Nc2ncc3c(-c4ccc(N=C(C)C)c(C)n4)ccn3n2)CN1C. The van der Waals surface area contributed by atoms with Gasteiger partial charge in [-0.2, -0.15) is 0 Å². The van der Waals surface area contributed by atoms with Crippen molar-refractivity contribution in [1.82, 2.24) is 24.5 Å². The first-order valence-electron chi connectivity index (χ1n) is 9.90. The van der Waals surface area contributed by atoms with E-state index in [2.05, 4.69) is 38.9 Å². The predicted molar refractivity (Wildman–Crippen MR) is 118 cm³/mol. The molecule has 0 saturated carbocycles. The fourth-order valence-corrected chi connectivity index (χ4v) is 3.63. The molecule has 1 fully saturated rings.